The third-order valence-electron chi connectivity index (χ3n) is 4.85. The van der Waals surface area contributed by atoms with Crippen molar-refractivity contribution in [1.29, 1.82) is 0 Å². The molecule has 116 valence electrons. The molecule has 2 aliphatic heterocycles. The third kappa shape index (κ3) is 2.82. The van der Waals surface area contributed by atoms with Crippen molar-refractivity contribution in [2.45, 2.75) is 52.2 Å². The molecule has 3 rings (SSSR count). The maximum atomic E-state index is 6.24. The van der Waals surface area contributed by atoms with E-state index in [1.165, 1.54) is 17.5 Å². The highest BCUT2D eigenvalue weighted by Crippen LogP contribution is 2.43. The number of nitrogens with zero attached hydrogens (tertiary/aromatic N) is 1. The first-order chi connectivity index (χ1) is 9.81. The molecule has 0 aromatic heterocycles. The van der Waals surface area contributed by atoms with E-state index in [4.69, 9.17) is 10.5 Å². The van der Waals surface area contributed by atoms with E-state index < -0.39 is 0 Å². The lowest BCUT2D eigenvalue weighted by atomic mass is 9.93. The van der Waals surface area contributed by atoms with E-state index in [1.54, 1.807) is 0 Å². The quantitative estimate of drug-likeness (QED) is 0.928. The second kappa shape index (κ2) is 4.99. The van der Waals surface area contributed by atoms with Crippen LogP contribution in [0.1, 0.15) is 51.3 Å². The molecule has 0 bridgehead atoms. The summed E-state index contributed by atoms with van der Waals surface area (Å²) < 4.78 is 6.24. The normalized spacial score (nSPS) is 24.6. The van der Waals surface area contributed by atoms with Crippen molar-refractivity contribution in [3.05, 3.63) is 29.3 Å². The summed E-state index contributed by atoms with van der Waals surface area (Å²) in [5.41, 5.74) is 9.04. The molecule has 1 fully saturated rings. The molecule has 0 radical (unpaired) electrons. The summed E-state index contributed by atoms with van der Waals surface area (Å²) in [5.74, 6) is 1.09. The molecule has 2 aliphatic rings. The van der Waals surface area contributed by atoms with Crippen LogP contribution in [0.2, 0.25) is 0 Å². The Morgan fingerprint density at radius 1 is 1.29 bits per heavy atom. The molecular formula is C18H28N2O. The smallest absolute Gasteiger partial charge is 0.128 e. The van der Waals surface area contributed by atoms with Gasteiger partial charge in [0.15, 0.2) is 0 Å². The van der Waals surface area contributed by atoms with Crippen LogP contribution in [0.4, 0.5) is 0 Å². The number of hydrogen-bond acceptors (Lipinski definition) is 3. The van der Waals surface area contributed by atoms with Crippen molar-refractivity contribution >= 4 is 0 Å². The Kier molecular flexibility index (Phi) is 3.53. The lowest BCUT2D eigenvalue weighted by Crippen LogP contribution is -2.33. The van der Waals surface area contributed by atoms with E-state index in [2.05, 4.69) is 50.8 Å². The van der Waals surface area contributed by atoms with Crippen molar-refractivity contribution in [3.63, 3.8) is 0 Å². The van der Waals surface area contributed by atoms with Crippen LogP contribution in [-0.4, -0.2) is 30.1 Å². The molecule has 0 amide bonds. The summed E-state index contributed by atoms with van der Waals surface area (Å²) in [4.78, 5) is 2.53. The topological polar surface area (TPSA) is 38.5 Å². The van der Waals surface area contributed by atoms with Gasteiger partial charge in [-0.25, -0.2) is 0 Å². The van der Waals surface area contributed by atoms with Gasteiger partial charge in [0.05, 0.1) is 6.04 Å². The molecule has 1 saturated heterocycles. The molecule has 2 N–H and O–H groups in total. The molecule has 1 unspecified atom stereocenters. The second-order valence-electron chi connectivity index (χ2n) is 8.01. The Labute approximate surface area is 128 Å². The highest BCUT2D eigenvalue weighted by atomic mass is 16.5. The second-order valence-corrected chi connectivity index (χ2v) is 8.01. The number of rotatable bonds is 3. The van der Waals surface area contributed by atoms with E-state index >= 15 is 0 Å². The molecule has 21 heavy (non-hydrogen) atoms. The van der Waals surface area contributed by atoms with Crippen LogP contribution in [0.3, 0.4) is 0 Å². The average molecular weight is 288 g/mol. The Morgan fingerprint density at radius 2 is 2.05 bits per heavy atom. The first-order valence-corrected chi connectivity index (χ1v) is 8.06. The zero-order valence-electron chi connectivity index (χ0n) is 13.8. The van der Waals surface area contributed by atoms with Gasteiger partial charge in [-0.3, -0.25) is 4.90 Å². The summed E-state index contributed by atoms with van der Waals surface area (Å²) >= 11 is 0. The van der Waals surface area contributed by atoms with Gasteiger partial charge in [-0.2, -0.15) is 0 Å². The van der Waals surface area contributed by atoms with Gasteiger partial charge in [0.25, 0.3) is 0 Å². The Balaban J connectivity index is 1.92. The zero-order valence-corrected chi connectivity index (χ0v) is 13.8. The highest BCUT2D eigenvalue weighted by molar-refractivity contribution is 5.47. The van der Waals surface area contributed by atoms with Crippen molar-refractivity contribution in [2.24, 2.45) is 11.1 Å². The number of hydrogen-bond donors (Lipinski definition) is 1. The lowest BCUT2D eigenvalue weighted by Gasteiger charge is -2.30. The van der Waals surface area contributed by atoms with Crippen LogP contribution in [-0.2, 0) is 6.42 Å². The molecule has 0 aliphatic carbocycles. The number of likely N-dealkylation sites (tertiary alicyclic amines) is 1. The van der Waals surface area contributed by atoms with Crippen molar-refractivity contribution in [1.82, 2.24) is 4.90 Å². The minimum absolute atomic E-state index is 0.0954. The molecule has 3 heteroatoms. The molecular weight excluding hydrogens is 260 g/mol. The standard InChI is InChI=1S/C18H28N2O/c1-17(2)8-9-20(12-17)15(11-19)14-7-5-6-13-10-18(3,4)21-16(13)14/h5-7,15H,8-12,19H2,1-4H3. The first-order valence-electron chi connectivity index (χ1n) is 8.06. The number of nitrogens with two attached hydrogens (primary N) is 1. The fraction of sp³-hybridized carbons (Fsp3) is 0.667. The van der Waals surface area contributed by atoms with E-state index in [0.717, 1.165) is 25.3 Å². The number of benzene rings is 1. The van der Waals surface area contributed by atoms with E-state index in [9.17, 15) is 0 Å². The fourth-order valence-corrected chi connectivity index (χ4v) is 3.79. The minimum atomic E-state index is -0.0954. The minimum Gasteiger partial charge on any atom is -0.487 e. The van der Waals surface area contributed by atoms with Gasteiger partial charge < -0.3 is 10.5 Å². The van der Waals surface area contributed by atoms with Crippen molar-refractivity contribution in [3.8, 4) is 5.75 Å². The predicted molar refractivity (Wildman–Crippen MR) is 86.6 cm³/mol. The fourth-order valence-electron chi connectivity index (χ4n) is 3.79. The number of ether oxygens (including phenoxy) is 1. The monoisotopic (exact) mass is 288 g/mol. The summed E-state index contributed by atoms with van der Waals surface area (Å²) in [5, 5.41) is 0. The largest absolute Gasteiger partial charge is 0.487 e. The molecule has 0 spiro atoms. The van der Waals surface area contributed by atoms with Crippen LogP contribution in [0.15, 0.2) is 18.2 Å². The zero-order chi connectivity index (χ0) is 15.3. The highest BCUT2D eigenvalue weighted by Gasteiger charge is 2.37. The van der Waals surface area contributed by atoms with Gasteiger partial charge in [0.1, 0.15) is 11.4 Å². The van der Waals surface area contributed by atoms with Gasteiger partial charge in [-0.05, 0) is 37.8 Å². The first kappa shape index (κ1) is 14.9. The molecule has 1 aromatic rings. The summed E-state index contributed by atoms with van der Waals surface area (Å²) in [6, 6.07) is 6.82. The third-order valence-corrected chi connectivity index (χ3v) is 4.85. The van der Waals surface area contributed by atoms with E-state index in [1.807, 2.05) is 0 Å². The number of fused-ring (bicyclic) bond motifs is 1. The molecule has 3 nitrogen and oxygen atoms in total. The Morgan fingerprint density at radius 3 is 2.67 bits per heavy atom. The van der Waals surface area contributed by atoms with Gasteiger partial charge in [0, 0.05) is 25.1 Å². The van der Waals surface area contributed by atoms with Crippen LogP contribution >= 0.6 is 0 Å². The molecule has 0 saturated carbocycles. The van der Waals surface area contributed by atoms with E-state index in [0.29, 0.717) is 12.0 Å². The summed E-state index contributed by atoms with van der Waals surface area (Å²) in [6.07, 6.45) is 2.23. The van der Waals surface area contributed by atoms with Crippen LogP contribution in [0.5, 0.6) is 5.75 Å². The van der Waals surface area contributed by atoms with Crippen molar-refractivity contribution in [2.75, 3.05) is 19.6 Å². The Bertz CT molecular complexity index is 536. The number of para-hydroxylation sites is 1. The SMILES string of the molecule is CC1(C)CCN(C(CN)c2cccc3c2OC(C)(C)C3)C1. The average Bonchev–Trinajstić information content (AvgIpc) is 2.89. The molecule has 1 aromatic carbocycles. The van der Waals surface area contributed by atoms with Gasteiger partial charge in [0.2, 0.25) is 0 Å². The van der Waals surface area contributed by atoms with Crippen LogP contribution < -0.4 is 10.5 Å². The predicted octanol–water partition coefficient (Wildman–Crippen LogP) is 3.13. The molecule has 1 atom stereocenters. The summed E-state index contributed by atoms with van der Waals surface area (Å²) in [7, 11) is 0. The van der Waals surface area contributed by atoms with E-state index in [-0.39, 0.29) is 11.6 Å². The van der Waals surface area contributed by atoms with Crippen LogP contribution in [0.25, 0.3) is 0 Å². The lowest BCUT2D eigenvalue weighted by molar-refractivity contribution is 0.132. The molecule has 2 heterocycles. The van der Waals surface area contributed by atoms with Crippen molar-refractivity contribution < 1.29 is 4.74 Å². The maximum Gasteiger partial charge on any atom is 0.128 e. The van der Waals surface area contributed by atoms with Gasteiger partial charge in [-0.1, -0.05) is 32.0 Å². The maximum absolute atomic E-state index is 6.24. The summed E-state index contributed by atoms with van der Waals surface area (Å²) in [6.45, 7) is 11.9. The van der Waals surface area contributed by atoms with Gasteiger partial charge >= 0.3 is 0 Å². The van der Waals surface area contributed by atoms with Gasteiger partial charge in [-0.15, -0.1) is 0 Å². The Hall–Kier alpha value is -1.06. The van der Waals surface area contributed by atoms with Crippen LogP contribution in [0, 0.1) is 5.41 Å².